The Hall–Kier alpha value is -1.10. The molecule has 2 unspecified atom stereocenters. The largest absolute Gasteiger partial charge is 0.491 e. The number of rotatable bonds is 5. The van der Waals surface area contributed by atoms with Crippen LogP contribution in [0, 0.1) is 6.92 Å². The molecule has 0 spiro atoms. The van der Waals surface area contributed by atoms with E-state index in [-0.39, 0.29) is 12.1 Å². The van der Waals surface area contributed by atoms with Crippen molar-refractivity contribution in [1.82, 2.24) is 4.90 Å². The van der Waals surface area contributed by atoms with Crippen molar-refractivity contribution in [1.29, 1.82) is 0 Å². The highest BCUT2D eigenvalue weighted by molar-refractivity contribution is 5.37. The highest BCUT2D eigenvalue weighted by atomic mass is 16.5. The molecule has 1 saturated heterocycles. The molecular formula is C16H26N2O2. The van der Waals surface area contributed by atoms with Crippen LogP contribution in [0.3, 0.4) is 0 Å². The van der Waals surface area contributed by atoms with E-state index in [1.54, 1.807) is 0 Å². The van der Waals surface area contributed by atoms with E-state index in [2.05, 4.69) is 24.8 Å². The van der Waals surface area contributed by atoms with Crippen molar-refractivity contribution < 1.29 is 9.47 Å². The van der Waals surface area contributed by atoms with Gasteiger partial charge in [-0.25, -0.2) is 0 Å². The van der Waals surface area contributed by atoms with Crippen molar-refractivity contribution in [3.63, 3.8) is 0 Å². The average molecular weight is 278 g/mol. The maximum atomic E-state index is 5.91. The molecule has 1 aliphatic heterocycles. The van der Waals surface area contributed by atoms with Gasteiger partial charge < -0.3 is 15.2 Å². The van der Waals surface area contributed by atoms with Gasteiger partial charge in [0.05, 0.1) is 6.61 Å². The van der Waals surface area contributed by atoms with E-state index in [4.69, 9.17) is 15.2 Å². The number of nitrogens with zero attached hydrogens (tertiary/aromatic N) is 1. The van der Waals surface area contributed by atoms with Crippen LogP contribution in [0.2, 0.25) is 0 Å². The second-order valence-electron chi connectivity index (χ2n) is 5.51. The van der Waals surface area contributed by atoms with Gasteiger partial charge in [-0.15, -0.1) is 0 Å². The number of likely N-dealkylation sites (N-methyl/N-ethyl adjacent to an activating group) is 1. The first-order valence-corrected chi connectivity index (χ1v) is 7.43. The van der Waals surface area contributed by atoms with Gasteiger partial charge in [0.1, 0.15) is 18.5 Å². The minimum absolute atomic E-state index is 0.0579. The van der Waals surface area contributed by atoms with E-state index in [1.807, 2.05) is 19.1 Å². The summed E-state index contributed by atoms with van der Waals surface area (Å²) in [5.74, 6) is 0.923. The Morgan fingerprint density at radius 2 is 2.30 bits per heavy atom. The molecule has 4 heteroatoms. The fourth-order valence-electron chi connectivity index (χ4n) is 2.47. The lowest BCUT2D eigenvalue weighted by Gasteiger charge is -2.32. The normalized spacial score (nSPS) is 21.7. The Morgan fingerprint density at radius 3 is 2.95 bits per heavy atom. The standard InChI is InChI=1S/C16H26N2O2/c1-4-18-7-8-19-15(10-18)11-20-16-6-5-14(13(3)17)9-12(16)2/h5-6,9,13,15H,4,7-8,10-11,17H2,1-3H3. The van der Waals surface area contributed by atoms with Gasteiger partial charge in [0.25, 0.3) is 0 Å². The number of aryl methyl sites for hydroxylation is 1. The molecule has 1 heterocycles. The van der Waals surface area contributed by atoms with E-state index in [0.717, 1.165) is 43.1 Å². The van der Waals surface area contributed by atoms with Crippen LogP contribution in [-0.2, 0) is 4.74 Å². The summed E-state index contributed by atoms with van der Waals surface area (Å²) in [5.41, 5.74) is 8.16. The van der Waals surface area contributed by atoms with Crippen LogP contribution in [0.5, 0.6) is 5.75 Å². The number of hydrogen-bond donors (Lipinski definition) is 1. The number of nitrogens with two attached hydrogens (primary N) is 1. The van der Waals surface area contributed by atoms with Crippen LogP contribution < -0.4 is 10.5 Å². The molecule has 20 heavy (non-hydrogen) atoms. The lowest BCUT2D eigenvalue weighted by atomic mass is 10.1. The fraction of sp³-hybridized carbons (Fsp3) is 0.625. The monoisotopic (exact) mass is 278 g/mol. The highest BCUT2D eigenvalue weighted by Gasteiger charge is 2.20. The lowest BCUT2D eigenvalue weighted by molar-refractivity contribution is -0.0464. The van der Waals surface area contributed by atoms with Crippen LogP contribution >= 0.6 is 0 Å². The third kappa shape index (κ3) is 3.95. The third-order valence-corrected chi connectivity index (χ3v) is 3.82. The van der Waals surface area contributed by atoms with Crippen molar-refractivity contribution in [2.45, 2.75) is 32.9 Å². The molecule has 1 aromatic rings. The first-order chi connectivity index (χ1) is 9.60. The summed E-state index contributed by atoms with van der Waals surface area (Å²) >= 11 is 0. The van der Waals surface area contributed by atoms with Crippen LogP contribution in [0.4, 0.5) is 0 Å². The van der Waals surface area contributed by atoms with E-state index in [1.165, 1.54) is 0 Å². The highest BCUT2D eigenvalue weighted by Crippen LogP contribution is 2.22. The SMILES string of the molecule is CCN1CCOC(COc2ccc(C(C)N)cc2C)C1. The van der Waals surface area contributed by atoms with Crippen LogP contribution in [0.1, 0.15) is 31.0 Å². The maximum Gasteiger partial charge on any atom is 0.122 e. The summed E-state index contributed by atoms with van der Waals surface area (Å²) in [5, 5.41) is 0. The predicted molar refractivity (Wildman–Crippen MR) is 81.1 cm³/mol. The molecule has 0 radical (unpaired) electrons. The number of ether oxygens (including phenoxy) is 2. The fourth-order valence-corrected chi connectivity index (χ4v) is 2.47. The molecule has 2 rings (SSSR count). The minimum Gasteiger partial charge on any atom is -0.491 e. The van der Waals surface area contributed by atoms with Gasteiger partial charge in [-0.3, -0.25) is 4.90 Å². The quantitative estimate of drug-likeness (QED) is 0.896. The van der Waals surface area contributed by atoms with Gasteiger partial charge in [0, 0.05) is 19.1 Å². The van der Waals surface area contributed by atoms with Crippen molar-refractivity contribution in [3.8, 4) is 5.75 Å². The second kappa shape index (κ2) is 7.07. The molecule has 4 nitrogen and oxygen atoms in total. The van der Waals surface area contributed by atoms with Crippen LogP contribution in [-0.4, -0.2) is 43.9 Å². The Bertz CT molecular complexity index is 434. The summed E-state index contributed by atoms with van der Waals surface area (Å²) in [6.45, 7) is 10.7. The zero-order valence-electron chi connectivity index (χ0n) is 12.8. The number of benzene rings is 1. The van der Waals surface area contributed by atoms with Crippen molar-refractivity contribution in [2.24, 2.45) is 5.73 Å². The molecule has 2 atom stereocenters. The molecule has 0 aliphatic carbocycles. The van der Waals surface area contributed by atoms with E-state index in [0.29, 0.717) is 6.61 Å². The van der Waals surface area contributed by atoms with Gasteiger partial charge in [-0.1, -0.05) is 19.1 Å². The summed E-state index contributed by atoms with van der Waals surface area (Å²) in [7, 11) is 0. The first kappa shape index (κ1) is 15.3. The molecule has 1 fully saturated rings. The molecule has 0 amide bonds. The summed E-state index contributed by atoms with van der Waals surface area (Å²) in [6.07, 6.45) is 0.163. The predicted octanol–water partition coefficient (Wildman–Crippen LogP) is 2.11. The summed E-state index contributed by atoms with van der Waals surface area (Å²) in [6, 6.07) is 6.20. The molecular weight excluding hydrogens is 252 g/mol. The molecule has 1 aliphatic rings. The summed E-state index contributed by atoms with van der Waals surface area (Å²) < 4.78 is 11.7. The van der Waals surface area contributed by atoms with Gasteiger partial charge in [-0.2, -0.15) is 0 Å². The van der Waals surface area contributed by atoms with E-state index >= 15 is 0 Å². The molecule has 0 saturated carbocycles. The Balaban J connectivity index is 1.90. The maximum absolute atomic E-state index is 5.91. The zero-order valence-corrected chi connectivity index (χ0v) is 12.8. The van der Waals surface area contributed by atoms with Gasteiger partial charge in [0.2, 0.25) is 0 Å². The molecule has 1 aromatic carbocycles. The van der Waals surface area contributed by atoms with Crippen molar-refractivity contribution in [3.05, 3.63) is 29.3 Å². The topological polar surface area (TPSA) is 47.7 Å². The van der Waals surface area contributed by atoms with Crippen LogP contribution in [0.15, 0.2) is 18.2 Å². The molecule has 2 N–H and O–H groups in total. The second-order valence-corrected chi connectivity index (χ2v) is 5.51. The Kier molecular flexibility index (Phi) is 5.40. The first-order valence-electron chi connectivity index (χ1n) is 7.43. The number of morpholine rings is 1. The van der Waals surface area contributed by atoms with Gasteiger partial charge in [0.15, 0.2) is 0 Å². The van der Waals surface area contributed by atoms with E-state index in [9.17, 15) is 0 Å². The Labute approximate surface area is 121 Å². The van der Waals surface area contributed by atoms with E-state index < -0.39 is 0 Å². The van der Waals surface area contributed by atoms with Crippen LogP contribution in [0.25, 0.3) is 0 Å². The van der Waals surface area contributed by atoms with Crippen molar-refractivity contribution >= 4 is 0 Å². The smallest absolute Gasteiger partial charge is 0.122 e. The Morgan fingerprint density at radius 1 is 1.50 bits per heavy atom. The van der Waals surface area contributed by atoms with Crippen molar-refractivity contribution in [2.75, 3.05) is 32.8 Å². The molecule has 112 valence electrons. The minimum atomic E-state index is 0.0579. The third-order valence-electron chi connectivity index (χ3n) is 3.82. The lowest BCUT2D eigenvalue weighted by Crippen LogP contribution is -2.44. The number of hydrogen-bond acceptors (Lipinski definition) is 4. The summed E-state index contributed by atoms with van der Waals surface area (Å²) in [4.78, 5) is 2.39. The zero-order chi connectivity index (χ0) is 14.5. The average Bonchev–Trinajstić information content (AvgIpc) is 2.46. The van der Waals surface area contributed by atoms with Gasteiger partial charge >= 0.3 is 0 Å². The molecule has 0 bridgehead atoms. The molecule has 0 aromatic heterocycles. The van der Waals surface area contributed by atoms with Gasteiger partial charge in [-0.05, 0) is 37.6 Å².